The summed E-state index contributed by atoms with van der Waals surface area (Å²) in [6.45, 7) is 0.677. The van der Waals surface area contributed by atoms with Crippen molar-refractivity contribution < 1.29 is 9.90 Å². The van der Waals surface area contributed by atoms with E-state index in [1.165, 1.54) is 25.7 Å². The number of rotatable bonds is 1. The normalized spacial score (nSPS) is 39.5. The maximum Gasteiger partial charge on any atom is 0.307 e. The minimum absolute atomic E-state index is 0.139. The molecule has 3 heteroatoms. The minimum atomic E-state index is -0.628. The highest BCUT2D eigenvalue weighted by molar-refractivity contribution is 5.70. The first-order valence-corrected chi connectivity index (χ1v) is 5.23. The summed E-state index contributed by atoms with van der Waals surface area (Å²) in [4.78, 5) is 10.8. The molecular weight excluding hydrogens is 166 g/mol. The van der Waals surface area contributed by atoms with E-state index in [4.69, 9.17) is 5.11 Å². The summed E-state index contributed by atoms with van der Waals surface area (Å²) >= 11 is 0. The summed E-state index contributed by atoms with van der Waals surface area (Å²) in [7, 11) is 0. The first-order chi connectivity index (χ1) is 6.27. The third kappa shape index (κ3) is 1.85. The van der Waals surface area contributed by atoms with E-state index in [2.05, 4.69) is 5.32 Å². The van der Waals surface area contributed by atoms with Crippen molar-refractivity contribution in [2.24, 2.45) is 11.8 Å². The highest BCUT2D eigenvalue weighted by Gasteiger charge is 2.34. The summed E-state index contributed by atoms with van der Waals surface area (Å²) in [6, 6.07) is 0.615. The Labute approximate surface area is 78.5 Å². The number of carboxylic acids is 1. The molecule has 1 aliphatic carbocycles. The van der Waals surface area contributed by atoms with Crippen LogP contribution in [0.4, 0.5) is 0 Å². The highest BCUT2D eigenvalue weighted by atomic mass is 16.4. The summed E-state index contributed by atoms with van der Waals surface area (Å²) in [5.74, 6) is -0.139. The summed E-state index contributed by atoms with van der Waals surface area (Å²) in [5.41, 5.74) is 0. The monoisotopic (exact) mass is 183 g/mol. The van der Waals surface area contributed by atoms with E-state index in [1.807, 2.05) is 0 Å². The van der Waals surface area contributed by atoms with Gasteiger partial charge in [0.1, 0.15) is 0 Å². The number of aliphatic carboxylic acids is 1. The lowest BCUT2D eigenvalue weighted by molar-refractivity contribution is -0.143. The number of fused-ring (bicyclic) bond motifs is 1. The van der Waals surface area contributed by atoms with Crippen LogP contribution in [0.2, 0.25) is 0 Å². The number of carboxylic acid groups (broad SMARTS) is 1. The number of piperidine rings is 1. The summed E-state index contributed by atoms with van der Waals surface area (Å²) in [5, 5.41) is 12.3. The van der Waals surface area contributed by atoms with Gasteiger partial charge < -0.3 is 10.4 Å². The van der Waals surface area contributed by atoms with Crippen molar-refractivity contribution in [3.05, 3.63) is 0 Å². The lowest BCUT2D eigenvalue weighted by atomic mass is 9.76. The van der Waals surface area contributed by atoms with Gasteiger partial charge in [-0.2, -0.15) is 0 Å². The Balaban J connectivity index is 1.95. The lowest BCUT2D eigenvalue weighted by Crippen LogP contribution is -2.48. The number of hydrogen-bond acceptors (Lipinski definition) is 2. The fourth-order valence-corrected chi connectivity index (χ4v) is 2.69. The third-order valence-corrected chi connectivity index (χ3v) is 3.47. The van der Waals surface area contributed by atoms with Gasteiger partial charge in [-0.1, -0.05) is 12.8 Å². The molecular formula is C10H17NO2. The van der Waals surface area contributed by atoms with Gasteiger partial charge >= 0.3 is 5.97 Å². The molecule has 2 rings (SSSR count). The van der Waals surface area contributed by atoms with Gasteiger partial charge in [0.15, 0.2) is 0 Å². The Kier molecular flexibility index (Phi) is 2.54. The molecule has 1 saturated heterocycles. The SMILES string of the molecule is O=C(O)[C@@H]1CN[C@@H]2CCCC[C@H]2C1. The Morgan fingerprint density at radius 2 is 2.08 bits per heavy atom. The molecule has 0 radical (unpaired) electrons. The topological polar surface area (TPSA) is 49.3 Å². The van der Waals surface area contributed by atoms with Crippen LogP contribution in [-0.2, 0) is 4.79 Å². The van der Waals surface area contributed by atoms with Crippen LogP contribution in [0.25, 0.3) is 0 Å². The second-order valence-corrected chi connectivity index (χ2v) is 4.33. The predicted octanol–water partition coefficient (Wildman–Crippen LogP) is 1.24. The first kappa shape index (κ1) is 9.00. The number of carbonyl (C=O) groups is 1. The minimum Gasteiger partial charge on any atom is -0.481 e. The van der Waals surface area contributed by atoms with Crippen molar-refractivity contribution in [1.29, 1.82) is 0 Å². The molecule has 1 saturated carbocycles. The maximum absolute atomic E-state index is 10.8. The molecule has 2 aliphatic rings. The van der Waals surface area contributed by atoms with Crippen molar-refractivity contribution in [3.8, 4) is 0 Å². The van der Waals surface area contributed by atoms with Crippen molar-refractivity contribution in [1.82, 2.24) is 5.32 Å². The molecule has 13 heavy (non-hydrogen) atoms. The van der Waals surface area contributed by atoms with Crippen molar-refractivity contribution in [3.63, 3.8) is 0 Å². The standard InChI is InChI=1S/C10H17NO2/c12-10(13)8-5-7-3-1-2-4-9(7)11-6-8/h7-9,11H,1-6H2,(H,12,13)/t7-,8-,9+/m0/s1. The molecule has 74 valence electrons. The van der Waals surface area contributed by atoms with Crippen molar-refractivity contribution >= 4 is 5.97 Å². The van der Waals surface area contributed by atoms with E-state index in [0.717, 1.165) is 6.42 Å². The molecule has 3 atom stereocenters. The Morgan fingerprint density at radius 1 is 1.31 bits per heavy atom. The third-order valence-electron chi connectivity index (χ3n) is 3.47. The molecule has 0 spiro atoms. The van der Waals surface area contributed by atoms with Gasteiger partial charge in [0.25, 0.3) is 0 Å². The molecule has 1 aliphatic heterocycles. The Bertz CT molecular complexity index is 205. The summed E-state index contributed by atoms with van der Waals surface area (Å²) < 4.78 is 0. The lowest BCUT2D eigenvalue weighted by Gasteiger charge is -2.38. The van der Waals surface area contributed by atoms with E-state index in [9.17, 15) is 4.79 Å². The maximum atomic E-state index is 10.8. The van der Waals surface area contributed by atoms with Crippen LogP contribution in [0.1, 0.15) is 32.1 Å². The molecule has 0 amide bonds. The molecule has 1 heterocycles. The van der Waals surface area contributed by atoms with Gasteiger partial charge in [0.2, 0.25) is 0 Å². The fourth-order valence-electron chi connectivity index (χ4n) is 2.69. The van der Waals surface area contributed by atoms with Crippen LogP contribution in [0.3, 0.4) is 0 Å². The zero-order valence-electron chi connectivity index (χ0n) is 7.83. The van der Waals surface area contributed by atoms with Gasteiger partial charge in [0, 0.05) is 12.6 Å². The van der Waals surface area contributed by atoms with Crippen molar-refractivity contribution in [2.45, 2.75) is 38.1 Å². The van der Waals surface area contributed by atoms with Crippen LogP contribution in [0.5, 0.6) is 0 Å². The fraction of sp³-hybridized carbons (Fsp3) is 0.900. The van der Waals surface area contributed by atoms with E-state index < -0.39 is 5.97 Å². The van der Waals surface area contributed by atoms with Gasteiger partial charge in [-0.05, 0) is 25.2 Å². The molecule has 0 aromatic rings. The molecule has 2 fully saturated rings. The average Bonchev–Trinajstić information content (AvgIpc) is 2.17. The van der Waals surface area contributed by atoms with Crippen LogP contribution >= 0.6 is 0 Å². The van der Waals surface area contributed by atoms with E-state index >= 15 is 0 Å². The highest BCUT2D eigenvalue weighted by Crippen LogP contribution is 2.32. The molecule has 0 unspecified atom stereocenters. The first-order valence-electron chi connectivity index (χ1n) is 5.23. The smallest absolute Gasteiger partial charge is 0.307 e. The van der Waals surface area contributed by atoms with Gasteiger partial charge in [0.05, 0.1) is 5.92 Å². The van der Waals surface area contributed by atoms with Crippen LogP contribution < -0.4 is 5.32 Å². The van der Waals surface area contributed by atoms with Gasteiger partial charge in [-0.15, -0.1) is 0 Å². The van der Waals surface area contributed by atoms with Crippen LogP contribution in [0, 0.1) is 11.8 Å². The van der Waals surface area contributed by atoms with Gasteiger partial charge in [-0.3, -0.25) is 4.79 Å². The second-order valence-electron chi connectivity index (χ2n) is 4.33. The van der Waals surface area contributed by atoms with E-state index in [-0.39, 0.29) is 5.92 Å². The largest absolute Gasteiger partial charge is 0.481 e. The van der Waals surface area contributed by atoms with E-state index in [0.29, 0.717) is 18.5 Å². The molecule has 0 aromatic heterocycles. The Morgan fingerprint density at radius 3 is 2.85 bits per heavy atom. The quantitative estimate of drug-likeness (QED) is 0.643. The second kappa shape index (κ2) is 3.66. The molecule has 0 aromatic carbocycles. The van der Waals surface area contributed by atoms with E-state index in [1.54, 1.807) is 0 Å². The number of hydrogen-bond donors (Lipinski definition) is 2. The van der Waals surface area contributed by atoms with Gasteiger partial charge in [-0.25, -0.2) is 0 Å². The Hall–Kier alpha value is -0.570. The van der Waals surface area contributed by atoms with Crippen LogP contribution in [-0.4, -0.2) is 23.7 Å². The molecule has 2 N–H and O–H groups in total. The van der Waals surface area contributed by atoms with Crippen molar-refractivity contribution in [2.75, 3.05) is 6.54 Å². The van der Waals surface area contributed by atoms with Crippen LogP contribution in [0.15, 0.2) is 0 Å². The number of nitrogens with one attached hydrogen (secondary N) is 1. The zero-order valence-corrected chi connectivity index (χ0v) is 7.83. The molecule has 3 nitrogen and oxygen atoms in total. The molecule has 0 bridgehead atoms. The predicted molar refractivity (Wildman–Crippen MR) is 49.5 cm³/mol. The zero-order chi connectivity index (χ0) is 9.26. The average molecular weight is 183 g/mol. The summed E-state index contributed by atoms with van der Waals surface area (Å²) in [6.07, 6.45) is 5.96.